The Kier molecular flexibility index (Phi) is 5.74. The van der Waals surface area contributed by atoms with Gasteiger partial charge in [0.25, 0.3) is 0 Å². The first-order valence-electron chi connectivity index (χ1n) is 9.00. The van der Waals surface area contributed by atoms with Gasteiger partial charge in [-0.25, -0.2) is 4.99 Å². The van der Waals surface area contributed by atoms with Gasteiger partial charge in [0.1, 0.15) is 17.1 Å². The molecule has 0 aliphatic heterocycles. The first kappa shape index (κ1) is 18.5. The SMILES string of the molecule is CC(C)(C)Oc1ccc(N=C(C#Cc2ccccc2)c2ccccc2)cc1. The second-order valence-electron chi connectivity index (χ2n) is 7.15. The van der Waals surface area contributed by atoms with Crippen molar-refractivity contribution in [3.8, 4) is 17.6 Å². The Bertz CT molecular complexity index is 954. The minimum atomic E-state index is -0.221. The molecule has 0 amide bonds. The molecule has 27 heavy (non-hydrogen) atoms. The standard InChI is InChI=1S/C25H23NO/c1-25(2,3)27-23-17-15-22(16-18-23)26-24(21-12-8-5-9-13-21)19-14-20-10-6-4-7-11-20/h4-13,15-18H,1-3H3. The topological polar surface area (TPSA) is 21.6 Å². The lowest BCUT2D eigenvalue weighted by molar-refractivity contribution is 0.131. The predicted octanol–water partition coefficient (Wildman–Crippen LogP) is 6.04. The molecule has 0 aromatic heterocycles. The van der Waals surface area contributed by atoms with Gasteiger partial charge >= 0.3 is 0 Å². The monoisotopic (exact) mass is 353 g/mol. The molecular weight excluding hydrogens is 330 g/mol. The molecule has 3 aromatic rings. The third-order valence-electron chi connectivity index (χ3n) is 3.65. The van der Waals surface area contributed by atoms with Crippen molar-refractivity contribution < 1.29 is 4.74 Å². The number of rotatable bonds is 3. The summed E-state index contributed by atoms with van der Waals surface area (Å²) in [6.45, 7) is 6.10. The van der Waals surface area contributed by atoms with Crippen molar-refractivity contribution in [2.24, 2.45) is 4.99 Å². The van der Waals surface area contributed by atoms with Crippen LogP contribution in [0.2, 0.25) is 0 Å². The van der Waals surface area contributed by atoms with Crippen LogP contribution < -0.4 is 4.74 Å². The van der Waals surface area contributed by atoms with E-state index in [-0.39, 0.29) is 5.60 Å². The van der Waals surface area contributed by atoms with Crippen LogP contribution >= 0.6 is 0 Å². The number of aliphatic imine (C=N–C) groups is 1. The summed E-state index contributed by atoms with van der Waals surface area (Å²) in [6.07, 6.45) is 0. The second kappa shape index (κ2) is 8.38. The Morgan fingerprint density at radius 2 is 1.37 bits per heavy atom. The highest BCUT2D eigenvalue weighted by Crippen LogP contribution is 2.22. The highest BCUT2D eigenvalue weighted by atomic mass is 16.5. The van der Waals surface area contributed by atoms with Crippen molar-refractivity contribution in [2.75, 3.05) is 0 Å². The number of benzene rings is 3. The van der Waals surface area contributed by atoms with Crippen molar-refractivity contribution in [3.05, 3.63) is 96.1 Å². The molecule has 0 aliphatic rings. The Morgan fingerprint density at radius 3 is 1.96 bits per heavy atom. The average molecular weight is 353 g/mol. The van der Waals surface area contributed by atoms with E-state index in [9.17, 15) is 0 Å². The highest BCUT2D eigenvalue weighted by molar-refractivity contribution is 6.14. The van der Waals surface area contributed by atoms with Crippen LogP contribution in [0.3, 0.4) is 0 Å². The molecule has 3 aromatic carbocycles. The average Bonchev–Trinajstić information content (AvgIpc) is 2.67. The number of nitrogens with zero attached hydrogens (tertiary/aromatic N) is 1. The third-order valence-corrected chi connectivity index (χ3v) is 3.65. The summed E-state index contributed by atoms with van der Waals surface area (Å²) in [5.74, 6) is 7.25. The van der Waals surface area contributed by atoms with E-state index < -0.39 is 0 Å². The van der Waals surface area contributed by atoms with Crippen LogP contribution in [-0.2, 0) is 0 Å². The van der Waals surface area contributed by atoms with Crippen LogP contribution in [0.15, 0.2) is 89.9 Å². The van der Waals surface area contributed by atoms with Crippen LogP contribution in [0.5, 0.6) is 5.75 Å². The van der Waals surface area contributed by atoms with Crippen LogP contribution in [-0.4, -0.2) is 11.3 Å². The Balaban J connectivity index is 1.92. The summed E-state index contributed by atoms with van der Waals surface area (Å²) in [5.41, 5.74) is 3.33. The molecule has 2 nitrogen and oxygen atoms in total. The lowest BCUT2D eigenvalue weighted by Crippen LogP contribution is -2.22. The fourth-order valence-electron chi connectivity index (χ4n) is 2.48. The van der Waals surface area contributed by atoms with E-state index >= 15 is 0 Å². The van der Waals surface area contributed by atoms with E-state index in [1.54, 1.807) is 0 Å². The quantitative estimate of drug-likeness (QED) is 0.416. The summed E-state index contributed by atoms with van der Waals surface area (Å²) >= 11 is 0. The predicted molar refractivity (Wildman–Crippen MR) is 113 cm³/mol. The molecule has 0 N–H and O–H groups in total. The van der Waals surface area contributed by atoms with Gasteiger partial charge in [-0.05, 0) is 63.1 Å². The zero-order valence-corrected chi connectivity index (χ0v) is 15.9. The van der Waals surface area contributed by atoms with Crippen LogP contribution in [0, 0.1) is 11.8 Å². The fourth-order valence-corrected chi connectivity index (χ4v) is 2.48. The molecule has 3 rings (SSSR count). The van der Waals surface area contributed by atoms with Gasteiger partial charge in [0, 0.05) is 11.1 Å². The molecule has 0 heterocycles. The van der Waals surface area contributed by atoms with Crippen molar-refractivity contribution in [2.45, 2.75) is 26.4 Å². The van der Waals surface area contributed by atoms with E-state index in [2.05, 4.69) is 11.8 Å². The van der Waals surface area contributed by atoms with Gasteiger partial charge < -0.3 is 4.74 Å². The summed E-state index contributed by atoms with van der Waals surface area (Å²) in [7, 11) is 0. The first-order valence-corrected chi connectivity index (χ1v) is 9.00. The molecule has 0 bridgehead atoms. The number of hydrogen-bond acceptors (Lipinski definition) is 2. The molecule has 0 saturated heterocycles. The number of ether oxygens (including phenoxy) is 1. The van der Waals surface area contributed by atoms with Gasteiger partial charge in [0.05, 0.1) is 5.69 Å². The Morgan fingerprint density at radius 1 is 0.778 bits per heavy atom. The van der Waals surface area contributed by atoms with Gasteiger partial charge in [-0.1, -0.05) is 54.5 Å². The van der Waals surface area contributed by atoms with Crippen molar-refractivity contribution in [1.82, 2.24) is 0 Å². The summed E-state index contributed by atoms with van der Waals surface area (Å²) < 4.78 is 5.88. The van der Waals surface area contributed by atoms with Crippen molar-refractivity contribution in [1.29, 1.82) is 0 Å². The molecule has 2 heteroatoms. The molecule has 0 fully saturated rings. The molecule has 0 atom stereocenters. The molecule has 0 aliphatic carbocycles. The Labute approximate surface area is 161 Å². The van der Waals surface area contributed by atoms with E-state index in [1.807, 2.05) is 106 Å². The highest BCUT2D eigenvalue weighted by Gasteiger charge is 2.11. The maximum absolute atomic E-state index is 5.88. The first-order chi connectivity index (χ1) is 13.0. The minimum Gasteiger partial charge on any atom is -0.488 e. The third kappa shape index (κ3) is 5.87. The molecular formula is C25H23NO. The molecule has 134 valence electrons. The van der Waals surface area contributed by atoms with E-state index in [0.717, 1.165) is 28.3 Å². The summed E-state index contributed by atoms with van der Waals surface area (Å²) in [6, 6.07) is 27.8. The number of hydrogen-bond donors (Lipinski definition) is 0. The van der Waals surface area contributed by atoms with Crippen LogP contribution in [0.4, 0.5) is 5.69 Å². The Hall–Kier alpha value is -3.31. The molecule has 0 unspecified atom stereocenters. The maximum atomic E-state index is 5.88. The summed E-state index contributed by atoms with van der Waals surface area (Å²) in [5, 5.41) is 0. The van der Waals surface area contributed by atoms with Crippen LogP contribution in [0.1, 0.15) is 31.9 Å². The van der Waals surface area contributed by atoms with E-state index in [4.69, 9.17) is 9.73 Å². The molecule has 0 saturated carbocycles. The zero-order valence-electron chi connectivity index (χ0n) is 15.9. The van der Waals surface area contributed by atoms with Crippen LogP contribution in [0.25, 0.3) is 0 Å². The van der Waals surface area contributed by atoms with Gasteiger partial charge in [-0.2, -0.15) is 0 Å². The fraction of sp³-hybridized carbons (Fsp3) is 0.160. The summed E-state index contributed by atoms with van der Waals surface area (Å²) in [4.78, 5) is 4.77. The van der Waals surface area contributed by atoms with Crippen molar-refractivity contribution >= 4 is 11.4 Å². The van der Waals surface area contributed by atoms with Gasteiger partial charge in [-0.3, -0.25) is 0 Å². The largest absolute Gasteiger partial charge is 0.488 e. The van der Waals surface area contributed by atoms with Gasteiger partial charge in [-0.15, -0.1) is 0 Å². The van der Waals surface area contributed by atoms with Crippen molar-refractivity contribution in [3.63, 3.8) is 0 Å². The normalized spacial score (nSPS) is 11.4. The maximum Gasteiger partial charge on any atom is 0.121 e. The smallest absolute Gasteiger partial charge is 0.121 e. The second-order valence-corrected chi connectivity index (χ2v) is 7.15. The van der Waals surface area contributed by atoms with E-state index in [1.165, 1.54) is 0 Å². The van der Waals surface area contributed by atoms with E-state index in [0.29, 0.717) is 0 Å². The molecule has 0 spiro atoms. The lowest BCUT2D eigenvalue weighted by atomic mass is 10.1. The minimum absolute atomic E-state index is 0.221. The zero-order chi connectivity index (χ0) is 19.1. The van der Waals surface area contributed by atoms with Gasteiger partial charge in [0.2, 0.25) is 0 Å². The van der Waals surface area contributed by atoms with Gasteiger partial charge in [0.15, 0.2) is 0 Å². The molecule has 0 radical (unpaired) electrons. The lowest BCUT2D eigenvalue weighted by Gasteiger charge is -2.21.